The van der Waals surface area contributed by atoms with E-state index >= 15 is 0 Å². The molecule has 2 aromatic heterocycles. The fourth-order valence-corrected chi connectivity index (χ4v) is 2.61. The molecule has 2 heterocycles. The quantitative estimate of drug-likeness (QED) is 0.692. The van der Waals surface area contributed by atoms with Crippen LogP contribution < -0.4 is 5.32 Å². The van der Waals surface area contributed by atoms with Gasteiger partial charge in [-0.25, -0.2) is 0 Å². The first-order valence-electron chi connectivity index (χ1n) is 8.09. The highest BCUT2D eigenvalue weighted by Crippen LogP contribution is 2.20. The van der Waals surface area contributed by atoms with Gasteiger partial charge in [0.05, 0.1) is 0 Å². The molecule has 1 amide bonds. The number of amides is 1. The highest BCUT2D eigenvalue weighted by atomic mass is 16.5. The van der Waals surface area contributed by atoms with E-state index in [9.17, 15) is 9.90 Å². The number of aromatic nitrogens is 2. The van der Waals surface area contributed by atoms with Gasteiger partial charge in [0.1, 0.15) is 0 Å². The summed E-state index contributed by atoms with van der Waals surface area (Å²) in [6, 6.07) is 15.0. The fourth-order valence-electron chi connectivity index (χ4n) is 2.61. The molecule has 6 heteroatoms. The Morgan fingerprint density at radius 1 is 1.16 bits per heavy atom. The molecule has 3 aromatic rings. The number of carbonyl (C=O) groups is 1. The van der Waals surface area contributed by atoms with Crippen LogP contribution in [0.2, 0.25) is 0 Å². The topological polar surface area (TPSA) is 88.2 Å². The molecule has 0 fully saturated rings. The molecule has 0 radical (unpaired) electrons. The molecule has 3 rings (SSSR count). The van der Waals surface area contributed by atoms with Crippen LogP contribution >= 0.6 is 0 Å². The molecule has 1 atom stereocenters. The van der Waals surface area contributed by atoms with E-state index < -0.39 is 0 Å². The first-order chi connectivity index (χ1) is 12.3. The molecule has 25 heavy (non-hydrogen) atoms. The molecule has 6 nitrogen and oxygen atoms in total. The lowest BCUT2D eigenvalue weighted by Crippen LogP contribution is -2.29. The first-order valence-corrected chi connectivity index (χ1v) is 8.09. The predicted octanol–water partition coefficient (Wildman–Crippen LogP) is 2.63. The predicted molar refractivity (Wildman–Crippen MR) is 93.0 cm³/mol. The van der Waals surface area contributed by atoms with Crippen LogP contribution in [0.25, 0.3) is 11.3 Å². The van der Waals surface area contributed by atoms with Crippen molar-refractivity contribution in [3.05, 3.63) is 72.2 Å². The smallest absolute Gasteiger partial charge is 0.273 e. The molecule has 2 N–H and O–H groups in total. The summed E-state index contributed by atoms with van der Waals surface area (Å²) in [6.07, 6.45) is 3.87. The Hall–Kier alpha value is -2.99. The maximum absolute atomic E-state index is 12.3. The van der Waals surface area contributed by atoms with Crippen LogP contribution in [0, 0.1) is 0 Å². The number of hydrogen-bond acceptors (Lipinski definition) is 5. The van der Waals surface area contributed by atoms with Crippen LogP contribution in [0.1, 0.15) is 28.4 Å². The van der Waals surface area contributed by atoms with E-state index in [1.165, 1.54) is 0 Å². The number of rotatable bonds is 7. The second kappa shape index (κ2) is 8.21. The summed E-state index contributed by atoms with van der Waals surface area (Å²) < 4.78 is 5.23. The zero-order chi connectivity index (χ0) is 17.5. The summed E-state index contributed by atoms with van der Waals surface area (Å²) in [5.74, 6) is 0.257. The van der Waals surface area contributed by atoms with Gasteiger partial charge in [-0.1, -0.05) is 35.5 Å². The van der Waals surface area contributed by atoms with E-state index in [4.69, 9.17) is 4.52 Å². The molecule has 0 bridgehead atoms. The average molecular weight is 337 g/mol. The maximum Gasteiger partial charge on any atom is 0.273 e. The fraction of sp³-hybridized carbons (Fsp3) is 0.211. The zero-order valence-corrected chi connectivity index (χ0v) is 13.6. The molecule has 0 aliphatic rings. The van der Waals surface area contributed by atoms with Crippen LogP contribution in [-0.2, 0) is 0 Å². The molecule has 0 saturated heterocycles. The lowest BCUT2D eigenvalue weighted by Gasteiger charge is -2.16. The Bertz CT molecular complexity index is 803. The number of benzene rings is 1. The van der Waals surface area contributed by atoms with E-state index in [-0.39, 0.29) is 24.1 Å². The third-order valence-electron chi connectivity index (χ3n) is 3.97. The van der Waals surface area contributed by atoms with Gasteiger partial charge in [-0.15, -0.1) is 0 Å². The molecule has 0 saturated carbocycles. The van der Waals surface area contributed by atoms with Gasteiger partial charge >= 0.3 is 0 Å². The Kier molecular flexibility index (Phi) is 5.53. The minimum Gasteiger partial charge on any atom is -0.396 e. The van der Waals surface area contributed by atoms with Crippen molar-refractivity contribution >= 4 is 5.91 Å². The van der Waals surface area contributed by atoms with Gasteiger partial charge in [-0.05, 0) is 24.1 Å². The minimum atomic E-state index is -0.303. The van der Waals surface area contributed by atoms with Gasteiger partial charge in [-0.2, -0.15) is 0 Å². The Morgan fingerprint density at radius 2 is 1.92 bits per heavy atom. The minimum absolute atomic E-state index is 0.0433. The number of nitrogens with zero attached hydrogens (tertiary/aromatic N) is 2. The van der Waals surface area contributed by atoms with Crippen LogP contribution in [0.15, 0.2) is 65.4 Å². The van der Waals surface area contributed by atoms with Gasteiger partial charge in [0.25, 0.3) is 5.91 Å². The second-order valence-electron chi connectivity index (χ2n) is 5.64. The second-order valence-corrected chi connectivity index (χ2v) is 5.64. The maximum atomic E-state index is 12.3. The summed E-state index contributed by atoms with van der Waals surface area (Å²) in [6.45, 7) is 0.479. The van der Waals surface area contributed by atoms with Crippen molar-refractivity contribution in [2.75, 3.05) is 13.2 Å². The number of aliphatic hydroxyl groups excluding tert-OH is 1. The van der Waals surface area contributed by atoms with Gasteiger partial charge in [0.2, 0.25) is 0 Å². The van der Waals surface area contributed by atoms with Crippen LogP contribution in [0.3, 0.4) is 0 Å². The summed E-state index contributed by atoms with van der Waals surface area (Å²) >= 11 is 0. The molecule has 0 spiro atoms. The van der Waals surface area contributed by atoms with E-state index in [0.29, 0.717) is 18.7 Å². The molecule has 0 aliphatic carbocycles. The van der Waals surface area contributed by atoms with Crippen molar-refractivity contribution in [2.45, 2.75) is 12.3 Å². The summed E-state index contributed by atoms with van der Waals surface area (Å²) in [4.78, 5) is 16.3. The summed E-state index contributed by atoms with van der Waals surface area (Å²) in [7, 11) is 0. The number of nitrogens with one attached hydrogen (secondary N) is 1. The van der Waals surface area contributed by atoms with Gasteiger partial charge in [-0.3, -0.25) is 9.78 Å². The SMILES string of the molecule is O=C(NCC(CCO)c1ccccc1)c1cc(-c2ccncc2)on1. The van der Waals surface area contributed by atoms with E-state index in [1.807, 2.05) is 30.3 Å². The Labute approximate surface area is 145 Å². The normalized spacial score (nSPS) is 11.9. The third-order valence-corrected chi connectivity index (χ3v) is 3.97. The van der Waals surface area contributed by atoms with Crippen molar-refractivity contribution in [2.24, 2.45) is 0 Å². The van der Waals surface area contributed by atoms with Gasteiger partial charge < -0.3 is 14.9 Å². The lowest BCUT2D eigenvalue weighted by molar-refractivity contribution is 0.0940. The molecule has 128 valence electrons. The Balaban J connectivity index is 1.65. The molecule has 1 aromatic carbocycles. The van der Waals surface area contributed by atoms with Crippen molar-refractivity contribution in [1.29, 1.82) is 0 Å². The average Bonchev–Trinajstić information content (AvgIpc) is 3.16. The summed E-state index contributed by atoms with van der Waals surface area (Å²) in [5.41, 5.74) is 2.11. The van der Waals surface area contributed by atoms with Gasteiger partial charge in [0, 0.05) is 43.1 Å². The standard InChI is InChI=1S/C19H19N3O3/c23-11-8-16(14-4-2-1-3-5-14)13-21-19(24)17-12-18(25-22-17)15-6-9-20-10-7-15/h1-7,9-10,12,16,23H,8,11,13H2,(H,21,24). The summed E-state index contributed by atoms with van der Waals surface area (Å²) in [5, 5.41) is 16.0. The third kappa shape index (κ3) is 4.30. The Morgan fingerprint density at radius 3 is 2.64 bits per heavy atom. The van der Waals surface area contributed by atoms with E-state index in [2.05, 4.69) is 15.5 Å². The van der Waals surface area contributed by atoms with E-state index in [1.54, 1.807) is 30.6 Å². The highest BCUT2D eigenvalue weighted by Gasteiger charge is 2.16. The van der Waals surface area contributed by atoms with Crippen LogP contribution in [0.4, 0.5) is 0 Å². The largest absolute Gasteiger partial charge is 0.396 e. The highest BCUT2D eigenvalue weighted by molar-refractivity contribution is 5.93. The molecule has 1 unspecified atom stereocenters. The lowest BCUT2D eigenvalue weighted by atomic mass is 9.96. The molecular formula is C19H19N3O3. The monoisotopic (exact) mass is 337 g/mol. The van der Waals surface area contributed by atoms with Crippen LogP contribution in [-0.4, -0.2) is 34.3 Å². The molecular weight excluding hydrogens is 318 g/mol. The van der Waals surface area contributed by atoms with E-state index in [0.717, 1.165) is 11.1 Å². The number of pyridine rings is 1. The molecule has 0 aliphatic heterocycles. The van der Waals surface area contributed by atoms with Crippen molar-refractivity contribution < 1.29 is 14.4 Å². The van der Waals surface area contributed by atoms with Crippen molar-refractivity contribution in [3.63, 3.8) is 0 Å². The number of hydrogen-bond donors (Lipinski definition) is 2. The van der Waals surface area contributed by atoms with Gasteiger partial charge in [0.15, 0.2) is 11.5 Å². The van der Waals surface area contributed by atoms with Crippen molar-refractivity contribution in [1.82, 2.24) is 15.5 Å². The van der Waals surface area contributed by atoms with Crippen molar-refractivity contribution in [3.8, 4) is 11.3 Å². The number of carbonyl (C=O) groups excluding carboxylic acids is 1. The first kappa shape index (κ1) is 16.9. The number of aliphatic hydroxyl groups is 1. The van der Waals surface area contributed by atoms with Crippen LogP contribution in [0.5, 0.6) is 0 Å². The zero-order valence-electron chi connectivity index (χ0n) is 13.6.